The topological polar surface area (TPSA) is 34.5 Å². The van der Waals surface area contributed by atoms with Gasteiger partial charge in [-0.25, -0.2) is 0 Å². The molecule has 0 saturated carbocycles. The number of aromatic nitrogens is 1. The molecule has 1 aliphatic rings. The van der Waals surface area contributed by atoms with Gasteiger partial charge in [0.15, 0.2) is 0 Å². The Morgan fingerprint density at radius 1 is 0.895 bits per heavy atom. The minimum atomic E-state index is -0.0109. The van der Waals surface area contributed by atoms with Gasteiger partial charge in [0, 0.05) is 31.0 Å². The number of nitrogens with zero attached hydrogens (tertiary/aromatic N) is 2. The lowest BCUT2D eigenvalue weighted by Gasteiger charge is -2.29. The van der Waals surface area contributed by atoms with Crippen LogP contribution in [-0.2, 0) is 4.74 Å². The molecular formula is C15H16N2O2. The van der Waals surface area contributed by atoms with Crippen molar-refractivity contribution < 1.29 is 4.74 Å². The number of ether oxygens (including phenoxy) is 1. The monoisotopic (exact) mass is 256 g/mol. The van der Waals surface area contributed by atoms with Crippen LogP contribution in [0.1, 0.15) is 0 Å². The average Bonchev–Trinajstić information content (AvgIpc) is 2.49. The van der Waals surface area contributed by atoms with Crippen molar-refractivity contribution in [1.82, 2.24) is 4.57 Å². The van der Waals surface area contributed by atoms with Gasteiger partial charge in [-0.2, -0.15) is 0 Å². The molecule has 0 amide bonds. The van der Waals surface area contributed by atoms with E-state index in [9.17, 15) is 4.79 Å². The van der Waals surface area contributed by atoms with E-state index in [-0.39, 0.29) is 5.56 Å². The Balaban J connectivity index is 1.98. The van der Waals surface area contributed by atoms with Crippen LogP contribution in [0.2, 0.25) is 0 Å². The third-order valence-electron chi connectivity index (χ3n) is 3.31. The predicted octanol–water partition coefficient (Wildman–Crippen LogP) is 1.67. The highest BCUT2D eigenvalue weighted by Crippen LogP contribution is 2.15. The number of anilines is 1. The van der Waals surface area contributed by atoms with Crippen molar-refractivity contribution in [3.8, 4) is 5.69 Å². The first kappa shape index (κ1) is 12.0. The van der Waals surface area contributed by atoms with E-state index in [1.54, 1.807) is 10.6 Å². The highest BCUT2D eigenvalue weighted by atomic mass is 16.5. The summed E-state index contributed by atoms with van der Waals surface area (Å²) in [6.07, 6.45) is 1.91. The largest absolute Gasteiger partial charge is 0.378 e. The summed E-state index contributed by atoms with van der Waals surface area (Å²) in [5, 5.41) is 0. The van der Waals surface area contributed by atoms with Crippen LogP contribution in [0.4, 0.5) is 5.69 Å². The Hall–Kier alpha value is -2.07. The lowest BCUT2D eigenvalue weighted by molar-refractivity contribution is 0.122. The van der Waals surface area contributed by atoms with Gasteiger partial charge >= 0.3 is 0 Å². The van der Waals surface area contributed by atoms with Gasteiger partial charge in [0.25, 0.3) is 5.56 Å². The smallest absolute Gasteiger partial charge is 0.255 e. The zero-order valence-corrected chi connectivity index (χ0v) is 10.7. The maximum Gasteiger partial charge on any atom is 0.255 e. The Bertz CT molecular complexity index is 601. The van der Waals surface area contributed by atoms with Crippen LogP contribution in [0.5, 0.6) is 0 Å². The molecule has 98 valence electrons. The van der Waals surface area contributed by atoms with Crippen LogP contribution in [0.3, 0.4) is 0 Å². The van der Waals surface area contributed by atoms with E-state index < -0.39 is 0 Å². The van der Waals surface area contributed by atoms with E-state index in [1.807, 2.05) is 42.6 Å². The predicted molar refractivity (Wildman–Crippen MR) is 75.1 cm³/mol. The normalized spacial score (nSPS) is 15.5. The highest BCUT2D eigenvalue weighted by molar-refractivity contribution is 5.47. The first-order valence-electron chi connectivity index (χ1n) is 6.45. The van der Waals surface area contributed by atoms with Gasteiger partial charge < -0.3 is 9.64 Å². The molecule has 0 unspecified atom stereocenters. The van der Waals surface area contributed by atoms with Gasteiger partial charge in [0.2, 0.25) is 0 Å². The van der Waals surface area contributed by atoms with Gasteiger partial charge in [-0.15, -0.1) is 0 Å². The van der Waals surface area contributed by atoms with E-state index in [0.717, 1.165) is 37.7 Å². The Labute approximate surface area is 111 Å². The van der Waals surface area contributed by atoms with Crippen molar-refractivity contribution in [3.63, 3.8) is 0 Å². The first-order chi connectivity index (χ1) is 9.34. The van der Waals surface area contributed by atoms with Crippen LogP contribution in [-0.4, -0.2) is 30.9 Å². The molecule has 1 fully saturated rings. The maximum atomic E-state index is 12.0. The van der Waals surface area contributed by atoms with Gasteiger partial charge in [-0.3, -0.25) is 9.36 Å². The molecule has 2 aromatic rings. The molecule has 1 aromatic carbocycles. The Morgan fingerprint density at radius 2 is 1.63 bits per heavy atom. The van der Waals surface area contributed by atoms with E-state index in [2.05, 4.69) is 4.90 Å². The van der Waals surface area contributed by atoms with E-state index in [1.165, 1.54) is 0 Å². The van der Waals surface area contributed by atoms with Gasteiger partial charge in [0.1, 0.15) is 0 Å². The molecule has 4 heteroatoms. The van der Waals surface area contributed by atoms with Crippen LogP contribution in [0.25, 0.3) is 5.69 Å². The molecule has 0 N–H and O–H groups in total. The molecular weight excluding hydrogens is 240 g/mol. The van der Waals surface area contributed by atoms with Crippen molar-refractivity contribution in [2.75, 3.05) is 31.2 Å². The molecule has 0 radical (unpaired) electrons. The molecule has 3 rings (SSSR count). The van der Waals surface area contributed by atoms with Crippen LogP contribution in [0, 0.1) is 0 Å². The summed E-state index contributed by atoms with van der Waals surface area (Å²) >= 11 is 0. The van der Waals surface area contributed by atoms with Gasteiger partial charge in [-0.05, 0) is 18.2 Å². The maximum absolute atomic E-state index is 12.0. The molecule has 0 bridgehead atoms. The van der Waals surface area contributed by atoms with E-state index in [0.29, 0.717) is 0 Å². The summed E-state index contributed by atoms with van der Waals surface area (Å²) in [5.74, 6) is 0. The molecule has 1 saturated heterocycles. The quantitative estimate of drug-likeness (QED) is 0.820. The number of rotatable bonds is 2. The standard InChI is InChI=1S/C15H16N2O2/c18-15-7-6-14(16-8-10-19-11-9-16)12-17(15)13-4-2-1-3-5-13/h1-7,12H,8-11H2. The molecule has 0 aliphatic carbocycles. The number of hydrogen-bond acceptors (Lipinski definition) is 3. The second-order valence-corrected chi connectivity index (χ2v) is 4.53. The molecule has 0 spiro atoms. The zero-order chi connectivity index (χ0) is 13.1. The summed E-state index contributed by atoms with van der Waals surface area (Å²) in [6, 6.07) is 13.2. The Morgan fingerprint density at radius 3 is 2.37 bits per heavy atom. The first-order valence-corrected chi connectivity index (χ1v) is 6.45. The molecule has 2 heterocycles. The van der Waals surface area contributed by atoms with Crippen molar-refractivity contribution in [2.24, 2.45) is 0 Å². The molecule has 19 heavy (non-hydrogen) atoms. The minimum absolute atomic E-state index is 0.0109. The summed E-state index contributed by atoms with van der Waals surface area (Å²) in [5.41, 5.74) is 1.94. The fourth-order valence-electron chi connectivity index (χ4n) is 2.27. The summed E-state index contributed by atoms with van der Waals surface area (Å²) < 4.78 is 7.03. The van der Waals surface area contributed by atoms with Gasteiger partial charge in [0.05, 0.1) is 18.9 Å². The second-order valence-electron chi connectivity index (χ2n) is 4.53. The fraction of sp³-hybridized carbons (Fsp3) is 0.267. The third-order valence-corrected chi connectivity index (χ3v) is 3.31. The van der Waals surface area contributed by atoms with E-state index >= 15 is 0 Å². The van der Waals surface area contributed by atoms with Crippen molar-refractivity contribution in [1.29, 1.82) is 0 Å². The fourth-order valence-corrected chi connectivity index (χ4v) is 2.27. The zero-order valence-electron chi connectivity index (χ0n) is 10.7. The lowest BCUT2D eigenvalue weighted by Crippen LogP contribution is -2.36. The highest BCUT2D eigenvalue weighted by Gasteiger charge is 2.12. The molecule has 0 atom stereocenters. The summed E-state index contributed by atoms with van der Waals surface area (Å²) in [6.45, 7) is 3.22. The Kier molecular flexibility index (Phi) is 3.33. The summed E-state index contributed by atoms with van der Waals surface area (Å²) in [7, 11) is 0. The van der Waals surface area contributed by atoms with Crippen molar-refractivity contribution in [2.45, 2.75) is 0 Å². The number of para-hydroxylation sites is 1. The summed E-state index contributed by atoms with van der Waals surface area (Å²) in [4.78, 5) is 14.2. The van der Waals surface area contributed by atoms with Crippen molar-refractivity contribution >= 4 is 5.69 Å². The van der Waals surface area contributed by atoms with Crippen molar-refractivity contribution in [3.05, 3.63) is 59.0 Å². The van der Waals surface area contributed by atoms with Crippen LogP contribution >= 0.6 is 0 Å². The molecule has 4 nitrogen and oxygen atoms in total. The van der Waals surface area contributed by atoms with E-state index in [4.69, 9.17) is 4.74 Å². The average molecular weight is 256 g/mol. The third kappa shape index (κ3) is 2.53. The number of pyridine rings is 1. The van der Waals surface area contributed by atoms with Crippen LogP contribution in [0.15, 0.2) is 53.5 Å². The second kappa shape index (κ2) is 5.28. The van der Waals surface area contributed by atoms with Crippen LogP contribution < -0.4 is 10.5 Å². The lowest BCUT2D eigenvalue weighted by atomic mass is 10.3. The number of morpholine rings is 1. The molecule has 1 aliphatic heterocycles. The minimum Gasteiger partial charge on any atom is -0.378 e. The SMILES string of the molecule is O=c1ccc(N2CCOCC2)cn1-c1ccccc1. The molecule has 1 aromatic heterocycles. The number of benzene rings is 1. The number of hydrogen-bond donors (Lipinski definition) is 0. The van der Waals surface area contributed by atoms with Gasteiger partial charge in [-0.1, -0.05) is 18.2 Å².